The van der Waals surface area contributed by atoms with Crippen LogP contribution in [0.4, 0.5) is 0 Å². The number of amides is 1. The molecule has 3 aromatic carbocycles. The van der Waals surface area contributed by atoms with Crippen LogP contribution >= 0.6 is 0 Å². The molecule has 2 heterocycles. The van der Waals surface area contributed by atoms with Crippen molar-refractivity contribution >= 4 is 29.0 Å². The molecule has 3 aliphatic rings. The van der Waals surface area contributed by atoms with Crippen LogP contribution in [0.3, 0.4) is 0 Å². The van der Waals surface area contributed by atoms with Crippen molar-refractivity contribution in [2.24, 2.45) is 5.41 Å². The summed E-state index contributed by atoms with van der Waals surface area (Å²) >= 11 is 0. The van der Waals surface area contributed by atoms with Crippen molar-refractivity contribution in [3.8, 4) is 0 Å². The number of aryl methyl sites for hydroxylation is 1. The van der Waals surface area contributed by atoms with Gasteiger partial charge in [-0.3, -0.25) is 14.4 Å². The maximum atomic E-state index is 14.6. The van der Waals surface area contributed by atoms with Crippen molar-refractivity contribution < 1.29 is 23.9 Å². The number of carbonyl (C=O) groups is 4. The summed E-state index contributed by atoms with van der Waals surface area (Å²) in [5, 5.41) is 0. The first-order valence-electron chi connectivity index (χ1n) is 13.4. The first-order valence-corrected chi connectivity index (χ1v) is 13.4. The molecule has 6 heteroatoms. The fourth-order valence-corrected chi connectivity index (χ4v) is 6.17. The fraction of sp³-hybridized carbons (Fsp3) is 0.235. The average molecular weight is 532 g/mol. The van der Waals surface area contributed by atoms with Gasteiger partial charge in [0.25, 0.3) is 17.3 Å². The van der Waals surface area contributed by atoms with E-state index < -0.39 is 28.7 Å². The maximum absolute atomic E-state index is 14.6. The van der Waals surface area contributed by atoms with Gasteiger partial charge in [-0.05, 0) is 35.4 Å². The van der Waals surface area contributed by atoms with E-state index in [4.69, 9.17) is 4.74 Å². The van der Waals surface area contributed by atoms with Crippen molar-refractivity contribution in [2.45, 2.75) is 45.8 Å². The van der Waals surface area contributed by atoms with Crippen molar-refractivity contribution in [3.63, 3.8) is 0 Å². The Hall–Kier alpha value is -4.58. The van der Waals surface area contributed by atoms with E-state index in [9.17, 15) is 19.2 Å². The Morgan fingerprint density at radius 3 is 2.05 bits per heavy atom. The summed E-state index contributed by atoms with van der Waals surface area (Å²) < 4.78 is 5.85. The lowest BCUT2D eigenvalue weighted by Gasteiger charge is -2.33. The summed E-state index contributed by atoms with van der Waals surface area (Å²) in [6.45, 7) is 6.10. The van der Waals surface area contributed by atoms with Crippen LogP contribution in [0.5, 0.6) is 0 Å². The van der Waals surface area contributed by atoms with Gasteiger partial charge in [0, 0.05) is 17.7 Å². The highest BCUT2D eigenvalue weighted by Gasteiger charge is 2.68. The van der Waals surface area contributed by atoms with Gasteiger partial charge in [-0.1, -0.05) is 104 Å². The molecule has 1 atom stereocenters. The molecule has 6 rings (SSSR count). The number of ether oxygens (including phenoxy) is 1. The number of hydrogen-bond acceptors (Lipinski definition) is 5. The summed E-state index contributed by atoms with van der Waals surface area (Å²) in [6.07, 6.45) is 0.600. The number of carbonyl (C=O) groups excluding carboxylic acids is 4. The predicted molar refractivity (Wildman–Crippen MR) is 150 cm³/mol. The molecule has 1 fully saturated rings. The van der Waals surface area contributed by atoms with Crippen LogP contribution in [0.15, 0.2) is 102 Å². The SMILES string of the molecule is Cc1ccc(/C(=C2\C(=O)C(=O)OC23C(=O)N(Cc2ccccc2)C2=C3C(=O)CC(C)(C)C2)c2ccccc2)cc1. The molecule has 0 saturated carbocycles. The third-order valence-corrected chi connectivity index (χ3v) is 7.92. The molecule has 200 valence electrons. The average Bonchev–Trinajstić information content (AvgIpc) is 3.31. The van der Waals surface area contributed by atoms with E-state index in [1.165, 1.54) is 0 Å². The monoisotopic (exact) mass is 531 g/mol. The summed E-state index contributed by atoms with van der Waals surface area (Å²) in [4.78, 5) is 57.1. The first-order chi connectivity index (χ1) is 19.1. The zero-order valence-electron chi connectivity index (χ0n) is 22.7. The molecule has 0 N–H and O–H groups in total. The normalized spacial score (nSPS) is 23.1. The third kappa shape index (κ3) is 3.94. The Balaban J connectivity index is 1.67. The summed E-state index contributed by atoms with van der Waals surface area (Å²) in [7, 11) is 0. The number of hydrogen-bond donors (Lipinski definition) is 0. The Labute approximate surface area is 233 Å². The molecule has 2 aliphatic heterocycles. The van der Waals surface area contributed by atoms with E-state index >= 15 is 0 Å². The molecule has 0 bridgehead atoms. The van der Waals surface area contributed by atoms with Crippen LogP contribution in [0.2, 0.25) is 0 Å². The molecule has 1 spiro atoms. The van der Waals surface area contributed by atoms with E-state index in [1.807, 2.05) is 106 Å². The topological polar surface area (TPSA) is 80.8 Å². The van der Waals surface area contributed by atoms with Crippen LogP contribution in [0, 0.1) is 12.3 Å². The summed E-state index contributed by atoms with van der Waals surface area (Å²) in [5.41, 5.74) is 1.58. The second-order valence-electron chi connectivity index (χ2n) is 11.5. The van der Waals surface area contributed by atoms with E-state index in [0.717, 1.165) is 11.1 Å². The number of ketones is 2. The second-order valence-corrected chi connectivity index (χ2v) is 11.5. The third-order valence-electron chi connectivity index (χ3n) is 7.92. The van der Waals surface area contributed by atoms with Gasteiger partial charge in [0.15, 0.2) is 5.78 Å². The number of benzene rings is 3. The summed E-state index contributed by atoms with van der Waals surface area (Å²) in [5.74, 6) is -2.90. The lowest BCUT2D eigenvalue weighted by atomic mass is 9.70. The highest BCUT2D eigenvalue weighted by atomic mass is 16.6. The summed E-state index contributed by atoms with van der Waals surface area (Å²) in [6, 6.07) is 26.2. The van der Waals surface area contributed by atoms with Crippen molar-refractivity contribution in [3.05, 3.63) is 124 Å². The number of nitrogens with zero attached hydrogens (tertiary/aromatic N) is 1. The first kappa shape index (κ1) is 25.7. The van der Waals surface area contributed by atoms with Crippen LogP contribution in [0.1, 0.15) is 48.9 Å². The number of rotatable bonds is 4. The zero-order chi connectivity index (χ0) is 28.2. The lowest BCUT2D eigenvalue weighted by molar-refractivity contribution is -0.158. The van der Waals surface area contributed by atoms with E-state index in [0.29, 0.717) is 28.8 Å². The van der Waals surface area contributed by atoms with E-state index in [2.05, 4.69) is 0 Å². The zero-order valence-corrected chi connectivity index (χ0v) is 22.7. The molecule has 3 aromatic rings. The molecule has 40 heavy (non-hydrogen) atoms. The molecular weight excluding hydrogens is 502 g/mol. The van der Waals surface area contributed by atoms with Gasteiger partial charge in [-0.15, -0.1) is 0 Å². The van der Waals surface area contributed by atoms with Gasteiger partial charge in [-0.2, -0.15) is 0 Å². The van der Waals surface area contributed by atoms with Gasteiger partial charge in [-0.25, -0.2) is 4.79 Å². The molecule has 1 saturated heterocycles. The van der Waals surface area contributed by atoms with Crippen molar-refractivity contribution in [2.75, 3.05) is 0 Å². The molecule has 0 radical (unpaired) electrons. The number of allylic oxidation sites excluding steroid dienone is 1. The number of fused-ring (bicyclic) bond motifs is 1. The molecule has 1 unspecified atom stereocenters. The predicted octanol–water partition coefficient (Wildman–Crippen LogP) is 5.35. The fourth-order valence-electron chi connectivity index (χ4n) is 6.17. The Kier molecular flexibility index (Phi) is 5.95. The second kappa shape index (κ2) is 9.26. The van der Waals surface area contributed by atoms with E-state index in [-0.39, 0.29) is 29.9 Å². The van der Waals surface area contributed by atoms with E-state index in [1.54, 1.807) is 4.90 Å². The molecular formula is C34H29NO5. The largest absolute Gasteiger partial charge is 0.432 e. The lowest BCUT2D eigenvalue weighted by Crippen LogP contribution is -2.46. The van der Waals surface area contributed by atoms with Gasteiger partial charge >= 0.3 is 5.97 Å². The molecule has 6 nitrogen and oxygen atoms in total. The van der Waals surface area contributed by atoms with Crippen LogP contribution in [0.25, 0.3) is 5.57 Å². The van der Waals surface area contributed by atoms with Gasteiger partial charge < -0.3 is 9.64 Å². The smallest absolute Gasteiger partial charge is 0.381 e. The maximum Gasteiger partial charge on any atom is 0.381 e. The molecule has 0 aromatic heterocycles. The van der Waals surface area contributed by atoms with Crippen molar-refractivity contribution in [1.82, 2.24) is 4.90 Å². The van der Waals surface area contributed by atoms with Crippen molar-refractivity contribution in [1.29, 1.82) is 0 Å². The van der Waals surface area contributed by atoms with Crippen LogP contribution in [-0.2, 0) is 30.5 Å². The minimum atomic E-state index is -2.14. The quantitative estimate of drug-likeness (QED) is 0.258. The molecule has 1 amide bonds. The minimum Gasteiger partial charge on any atom is -0.432 e. The highest BCUT2D eigenvalue weighted by molar-refractivity contribution is 6.48. The van der Waals surface area contributed by atoms with Crippen LogP contribution in [-0.4, -0.2) is 33.9 Å². The number of esters is 1. The Morgan fingerprint density at radius 1 is 0.800 bits per heavy atom. The van der Waals surface area contributed by atoms with Gasteiger partial charge in [0.2, 0.25) is 0 Å². The van der Waals surface area contributed by atoms with Crippen LogP contribution < -0.4 is 0 Å². The minimum absolute atomic E-state index is 0.0892. The standard InChI is InChI=1S/C34H29NO5/c1-21-14-16-24(17-15-21)27(23-12-8-5-9-13-23)29-30(37)31(38)40-34(29)28-25(18-33(2,3)19-26(28)36)35(32(34)39)20-22-10-6-4-7-11-22/h4-17H,18-20H2,1-3H3/b29-27+. The Bertz CT molecular complexity index is 1630. The highest BCUT2D eigenvalue weighted by Crippen LogP contribution is 2.54. The Morgan fingerprint density at radius 2 is 1.40 bits per heavy atom. The molecule has 1 aliphatic carbocycles. The van der Waals surface area contributed by atoms with Gasteiger partial charge in [0.1, 0.15) is 0 Å². The number of Topliss-reactive ketones (excluding diaryl/α,β-unsaturated/α-hetero) is 2. The van der Waals surface area contributed by atoms with Gasteiger partial charge in [0.05, 0.1) is 17.7 Å².